The minimum atomic E-state index is -0.712. The number of azide groups is 1. The third kappa shape index (κ3) is 6.49. The molecule has 1 fully saturated rings. The van der Waals surface area contributed by atoms with Gasteiger partial charge >= 0.3 is 5.97 Å². The standard InChI is InChI=1S/C14H24N4O3/c1-14(2,3)21-12(19)10-18-9-7-5-4-6-8-11(13(18)20)16-17-15/h11H,4-10H2,1-3H3. The smallest absolute Gasteiger partial charge is 0.326 e. The second-order valence-electron chi connectivity index (χ2n) is 6.27. The molecule has 0 radical (unpaired) electrons. The van der Waals surface area contributed by atoms with Crippen molar-refractivity contribution in [3.05, 3.63) is 10.4 Å². The molecular formula is C14H24N4O3. The van der Waals surface area contributed by atoms with Gasteiger partial charge in [-0.25, -0.2) is 0 Å². The third-order valence-corrected chi connectivity index (χ3v) is 3.18. The van der Waals surface area contributed by atoms with Crippen LogP contribution in [-0.4, -0.2) is 41.5 Å². The highest BCUT2D eigenvalue weighted by Gasteiger charge is 2.27. The van der Waals surface area contributed by atoms with Crippen LogP contribution in [0.2, 0.25) is 0 Å². The van der Waals surface area contributed by atoms with E-state index in [0.717, 1.165) is 25.7 Å². The zero-order chi connectivity index (χ0) is 15.9. The molecule has 1 amide bonds. The van der Waals surface area contributed by atoms with Crippen molar-refractivity contribution in [2.24, 2.45) is 5.11 Å². The van der Waals surface area contributed by atoms with E-state index in [0.29, 0.717) is 13.0 Å². The van der Waals surface area contributed by atoms with E-state index < -0.39 is 17.6 Å². The van der Waals surface area contributed by atoms with Crippen LogP contribution in [0.5, 0.6) is 0 Å². The van der Waals surface area contributed by atoms with Crippen molar-refractivity contribution in [1.29, 1.82) is 0 Å². The average Bonchev–Trinajstić information content (AvgIpc) is 2.43. The fourth-order valence-electron chi connectivity index (χ4n) is 2.29. The molecule has 1 saturated heterocycles. The highest BCUT2D eigenvalue weighted by molar-refractivity contribution is 5.86. The van der Waals surface area contributed by atoms with Gasteiger partial charge in [0.05, 0.1) is 0 Å². The Bertz CT molecular complexity index is 424. The number of esters is 1. The largest absolute Gasteiger partial charge is 0.459 e. The van der Waals surface area contributed by atoms with Crippen molar-refractivity contribution >= 4 is 11.9 Å². The normalized spacial score (nSPS) is 20.8. The maximum absolute atomic E-state index is 12.4. The van der Waals surface area contributed by atoms with Crippen molar-refractivity contribution in [1.82, 2.24) is 4.90 Å². The lowest BCUT2D eigenvalue weighted by molar-refractivity contribution is -0.159. The summed E-state index contributed by atoms with van der Waals surface area (Å²) in [6.07, 6.45) is 4.24. The van der Waals surface area contributed by atoms with Gasteiger partial charge in [0.25, 0.3) is 0 Å². The van der Waals surface area contributed by atoms with E-state index in [2.05, 4.69) is 10.0 Å². The number of ether oxygens (including phenoxy) is 1. The van der Waals surface area contributed by atoms with Gasteiger partial charge in [-0.2, -0.15) is 0 Å². The number of amides is 1. The highest BCUT2D eigenvalue weighted by atomic mass is 16.6. The summed E-state index contributed by atoms with van der Waals surface area (Å²) in [4.78, 5) is 28.5. The summed E-state index contributed by atoms with van der Waals surface area (Å²) in [6, 6.07) is -0.712. The van der Waals surface area contributed by atoms with Crippen LogP contribution >= 0.6 is 0 Å². The minimum Gasteiger partial charge on any atom is -0.459 e. The molecule has 0 spiro atoms. The number of carbonyl (C=O) groups excluding carboxylic acids is 2. The average molecular weight is 296 g/mol. The Balaban J connectivity index is 2.76. The fraction of sp³-hybridized carbons (Fsp3) is 0.857. The lowest BCUT2D eigenvalue weighted by Gasteiger charge is -2.26. The van der Waals surface area contributed by atoms with Crippen LogP contribution in [0.1, 0.15) is 52.9 Å². The first-order valence-electron chi connectivity index (χ1n) is 7.38. The third-order valence-electron chi connectivity index (χ3n) is 3.18. The van der Waals surface area contributed by atoms with Gasteiger partial charge in [-0.05, 0) is 39.1 Å². The second-order valence-corrected chi connectivity index (χ2v) is 6.27. The van der Waals surface area contributed by atoms with Gasteiger partial charge in [0.15, 0.2) is 0 Å². The molecule has 1 unspecified atom stereocenters. The van der Waals surface area contributed by atoms with Crippen LogP contribution in [0, 0.1) is 0 Å². The highest BCUT2D eigenvalue weighted by Crippen LogP contribution is 2.16. The summed E-state index contributed by atoms with van der Waals surface area (Å²) < 4.78 is 5.25. The fourth-order valence-corrected chi connectivity index (χ4v) is 2.29. The van der Waals surface area contributed by atoms with Crippen molar-refractivity contribution in [3.63, 3.8) is 0 Å². The number of rotatable bonds is 3. The van der Waals surface area contributed by atoms with Crippen LogP contribution in [0.15, 0.2) is 5.11 Å². The first kappa shape index (κ1) is 17.3. The molecule has 1 aliphatic rings. The second kappa shape index (κ2) is 7.88. The molecule has 0 aromatic carbocycles. The molecule has 7 heteroatoms. The van der Waals surface area contributed by atoms with E-state index in [1.807, 2.05) is 0 Å². The number of carbonyl (C=O) groups is 2. The summed E-state index contributed by atoms with van der Waals surface area (Å²) in [5, 5.41) is 3.58. The minimum absolute atomic E-state index is 0.0897. The number of hydrogen-bond donors (Lipinski definition) is 0. The summed E-state index contributed by atoms with van der Waals surface area (Å²) in [7, 11) is 0. The van der Waals surface area contributed by atoms with Crippen molar-refractivity contribution in [2.75, 3.05) is 13.1 Å². The van der Waals surface area contributed by atoms with Crippen LogP contribution in [0.4, 0.5) is 0 Å². The maximum Gasteiger partial charge on any atom is 0.326 e. The molecule has 21 heavy (non-hydrogen) atoms. The summed E-state index contributed by atoms with van der Waals surface area (Å²) in [5.74, 6) is -0.713. The Morgan fingerprint density at radius 2 is 2.05 bits per heavy atom. The predicted octanol–water partition coefficient (Wildman–Crippen LogP) is 2.80. The van der Waals surface area contributed by atoms with Crippen LogP contribution in [-0.2, 0) is 14.3 Å². The van der Waals surface area contributed by atoms with E-state index >= 15 is 0 Å². The molecule has 0 saturated carbocycles. The van der Waals surface area contributed by atoms with E-state index in [-0.39, 0.29) is 12.5 Å². The van der Waals surface area contributed by atoms with Crippen molar-refractivity contribution < 1.29 is 14.3 Å². The Labute approximate surface area is 125 Å². The number of nitrogens with zero attached hydrogens (tertiary/aromatic N) is 4. The summed E-state index contributed by atoms with van der Waals surface area (Å²) >= 11 is 0. The van der Waals surface area contributed by atoms with E-state index in [1.54, 1.807) is 20.8 Å². The molecule has 1 rings (SSSR count). The van der Waals surface area contributed by atoms with E-state index in [4.69, 9.17) is 10.3 Å². The first-order chi connectivity index (χ1) is 9.83. The predicted molar refractivity (Wildman–Crippen MR) is 78.4 cm³/mol. The Morgan fingerprint density at radius 3 is 2.67 bits per heavy atom. The molecule has 7 nitrogen and oxygen atoms in total. The topological polar surface area (TPSA) is 95.4 Å². The van der Waals surface area contributed by atoms with Gasteiger partial charge in [-0.3, -0.25) is 9.59 Å². The molecule has 0 bridgehead atoms. The quantitative estimate of drug-likeness (QED) is 0.347. The van der Waals surface area contributed by atoms with Gasteiger partial charge in [0.2, 0.25) is 5.91 Å². The summed E-state index contributed by atoms with van der Waals surface area (Å²) in [6.45, 7) is 5.76. The van der Waals surface area contributed by atoms with Gasteiger partial charge in [-0.1, -0.05) is 24.4 Å². The Morgan fingerprint density at radius 1 is 1.38 bits per heavy atom. The van der Waals surface area contributed by atoms with Crippen LogP contribution in [0.3, 0.4) is 0 Å². The SMILES string of the molecule is CC(C)(C)OC(=O)CN1CCCCCCC(N=[N+]=[N-])C1=O. The number of hydrogen-bond acceptors (Lipinski definition) is 4. The van der Waals surface area contributed by atoms with Crippen LogP contribution in [0.25, 0.3) is 10.4 Å². The zero-order valence-electron chi connectivity index (χ0n) is 13.0. The Hall–Kier alpha value is -1.75. The maximum atomic E-state index is 12.4. The van der Waals surface area contributed by atoms with Gasteiger partial charge < -0.3 is 9.64 Å². The van der Waals surface area contributed by atoms with Gasteiger partial charge in [0, 0.05) is 11.5 Å². The molecule has 1 heterocycles. The molecule has 0 N–H and O–H groups in total. The molecule has 0 aromatic rings. The first-order valence-corrected chi connectivity index (χ1v) is 7.38. The molecule has 118 valence electrons. The van der Waals surface area contributed by atoms with E-state index in [9.17, 15) is 9.59 Å². The van der Waals surface area contributed by atoms with Crippen molar-refractivity contribution in [2.45, 2.75) is 64.5 Å². The monoisotopic (exact) mass is 296 g/mol. The van der Waals surface area contributed by atoms with Gasteiger partial charge in [-0.15, -0.1) is 0 Å². The summed E-state index contributed by atoms with van der Waals surface area (Å²) in [5.41, 5.74) is 8.01. The molecule has 1 aliphatic heterocycles. The Kier molecular flexibility index (Phi) is 6.49. The molecule has 1 atom stereocenters. The molecule has 0 aromatic heterocycles. The van der Waals surface area contributed by atoms with Crippen molar-refractivity contribution in [3.8, 4) is 0 Å². The van der Waals surface area contributed by atoms with E-state index in [1.165, 1.54) is 4.90 Å². The lowest BCUT2D eigenvalue weighted by Crippen LogP contribution is -2.43. The lowest BCUT2D eigenvalue weighted by atomic mass is 10.1. The van der Waals surface area contributed by atoms with Gasteiger partial charge in [0.1, 0.15) is 18.2 Å². The van der Waals surface area contributed by atoms with Crippen LogP contribution < -0.4 is 0 Å². The zero-order valence-corrected chi connectivity index (χ0v) is 13.0. The molecule has 0 aliphatic carbocycles. The molecular weight excluding hydrogens is 272 g/mol.